The minimum absolute atomic E-state index is 0. The second-order valence-electron chi connectivity index (χ2n) is 4.53. The van der Waals surface area contributed by atoms with E-state index in [1.54, 1.807) is 26.4 Å². The Labute approximate surface area is 157 Å². The second kappa shape index (κ2) is 9.46. The van der Waals surface area contributed by atoms with Gasteiger partial charge in [0.15, 0.2) is 17.5 Å². The van der Waals surface area contributed by atoms with Crippen LogP contribution in [0, 0.1) is 0 Å². The highest BCUT2D eigenvalue weighted by Gasteiger charge is 2.05. The molecule has 2 aromatic carbocycles. The maximum absolute atomic E-state index is 5.93. The molecule has 0 aliphatic heterocycles. The third-order valence-corrected chi connectivity index (χ3v) is 3.21. The van der Waals surface area contributed by atoms with E-state index in [0.29, 0.717) is 29.0 Å². The van der Waals surface area contributed by atoms with Crippen molar-refractivity contribution in [3.63, 3.8) is 0 Å². The molecule has 5 nitrogen and oxygen atoms in total. The maximum atomic E-state index is 5.93. The zero-order valence-electron chi connectivity index (χ0n) is 12.9. The van der Waals surface area contributed by atoms with Crippen LogP contribution in [0.4, 0.5) is 5.69 Å². The number of hydrogen-bond donors (Lipinski definition) is 2. The number of aliphatic imine (C=N–C) groups is 1. The fourth-order valence-electron chi connectivity index (χ4n) is 1.91. The van der Waals surface area contributed by atoms with Crippen LogP contribution in [-0.2, 0) is 6.54 Å². The van der Waals surface area contributed by atoms with Crippen LogP contribution < -0.4 is 20.5 Å². The predicted octanol–water partition coefficient (Wildman–Crippen LogP) is 3.90. The summed E-state index contributed by atoms with van der Waals surface area (Å²) in [7, 11) is 3.17. The number of nitrogens with two attached hydrogens (primary N) is 1. The lowest BCUT2D eigenvalue weighted by Gasteiger charge is -2.11. The Balaban J connectivity index is 0.00000264. The van der Waals surface area contributed by atoms with E-state index in [2.05, 4.69) is 10.3 Å². The minimum Gasteiger partial charge on any atom is -0.493 e. The number of hydrogen-bond acceptors (Lipinski definition) is 3. The fourth-order valence-corrected chi connectivity index (χ4v) is 2.13. The molecule has 0 unspecified atom stereocenters. The summed E-state index contributed by atoms with van der Waals surface area (Å²) < 4.78 is 10.4. The minimum atomic E-state index is 0. The topological polar surface area (TPSA) is 68.9 Å². The summed E-state index contributed by atoms with van der Waals surface area (Å²) >= 11 is 5.93. The van der Waals surface area contributed by atoms with Gasteiger partial charge in [-0.3, -0.25) is 0 Å². The highest BCUT2D eigenvalue weighted by atomic mass is 127. The van der Waals surface area contributed by atoms with Gasteiger partial charge >= 0.3 is 0 Å². The Kier molecular flexibility index (Phi) is 7.97. The third kappa shape index (κ3) is 5.80. The SMILES string of the molecule is COc1ccc(NC(N)=NCc2cccc(Cl)c2)cc1OC.I. The van der Waals surface area contributed by atoms with Crippen molar-refractivity contribution >= 4 is 47.2 Å². The Morgan fingerprint density at radius 3 is 2.52 bits per heavy atom. The van der Waals surface area contributed by atoms with E-state index in [-0.39, 0.29) is 24.0 Å². The van der Waals surface area contributed by atoms with E-state index < -0.39 is 0 Å². The fraction of sp³-hybridized carbons (Fsp3) is 0.188. The Bertz CT molecular complexity index is 680. The number of guanidine groups is 1. The van der Waals surface area contributed by atoms with Gasteiger partial charge in [-0.25, -0.2) is 4.99 Å². The van der Waals surface area contributed by atoms with Gasteiger partial charge in [0.1, 0.15) is 0 Å². The first-order valence-electron chi connectivity index (χ1n) is 6.66. The average Bonchev–Trinajstić information content (AvgIpc) is 2.53. The molecule has 2 aromatic rings. The van der Waals surface area contributed by atoms with Gasteiger partial charge in [0.25, 0.3) is 0 Å². The molecule has 124 valence electrons. The summed E-state index contributed by atoms with van der Waals surface area (Å²) in [6.07, 6.45) is 0. The molecule has 0 heterocycles. The summed E-state index contributed by atoms with van der Waals surface area (Å²) in [6.45, 7) is 0.451. The van der Waals surface area contributed by atoms with Gasteiger partial charge in [-0.05, 0) is 29.8 Å². The van der Waals surface area contributed by atoms with E-state index in [1.165, 1.54) is 0 Å². The number of nitrogens with one attached hydrogen (secondary N) is 1. The van der Waals surface area contributed by atoms with Crippen LogP contribution in [-0.4, -0.2) is 20.2 Å². The molecule has 0 aliphatic rings. The van der Waals surface area contributed by atoms with Gasteiger partial charge in [0, 0.05) is 16.8 Å². The van der Waals surface area contributed by atoms with Crippen molar-refractivity contribution in [1.29, 1.82) is 0 Å². The molecule has 0 radical (unpaired) electrons. The third-order valence-electron chi connectivity index (χ3n) is 2.98. The van der Waals surface area contributed by atoms with Crippen LogP contribution in [0.1, 0.15) is 5.56 Å². The molecule has 0 aromatic heterocycles. The molecule has 2 rings (SSSR count). The monoisotopic (exact) mass is 447 g/mol. The summed E-state index contributed by atoms with van der Waals surface area (Å²) in [6, 6.07) is 12.9. The first-order chi connectivity index (χ1) is 10.6. The molecule has 0 aliphatic carbocycles. The number of halogens is 2. The van der Waals surface area contributed by atoms with Crippen molar-refractivity contribution in [2.24, 2.45) is 10.7 Å². The van der Waals surface area contributed by atoms with Crippen LogP contribution in [0.25, 0.3) is 0 Å². The van der Waals surface area contributed by atoms with E-state index in [1.807, 2.05) is 30.3 Å². The molecule has 0 saturated carbocycles. The summed E-state index contributed by atoms with van der Waals surface area (Å²) in [4.78, 5) is 4.28. The zero-order valence-corrected chi connectivity index (χ0v) is 16.0. The van der Waals surface area contributed by atoms with E-state index >= 15 is 0 Å². The molecule has 0 bridgehead atoms. The van der Waals surface area contributed by atoms with Gasteiger partial charge in [0.2, 0.25) is 0 Å². The van der Waals surface area contributed by atoms with Crippen LogP contribution in [0.5, 0.6) is 11.5 Å². The van der Waals surface area contributed by atoms with Crippen molar-refractivity contribution < 1.29 is 9.47 Å². The Morgan fingerprint density at radius 2 is 1.87 bits per heavy atom. The largest absolute Gasteiger partial charge is 0.493 e. The molecule has 0 amide bonds. The van der Waals surface area contributed by atoms with Crippen molar-refractivity contribution in [2.45, 2.75) is 6.54 Å². The van der Waals surface area contributed by atoms with Crippen LogP contribution in [0.2, 0.25) is 5.02 Å². The van der Waals surface area contributed by atoms with E-state index in [9.17, 15) is 0 Å². The summed E-state index contributed by atoms with van der Waals surface area (Å²) in [5.41, 5.74) is 7.65. The second-order valence-corrected chi connectivity index (χ2v) is 4.96. The molecular weight excluding hydrogens is 429 g/mol. The normalized spacial score (nSPS) is 10.7. The van der Waals surface area contributed by atoms with Crippen LogP contribution >= 0.6 is 35.6 Å². The van der Waals surface area contributed by atoms with Crippen molar-refractivity contribution in [2.75, 3.05) is 19.5 Å². The molecule has 7 heteroatoms. The number of anilines is 1. The number of methoxy groups -OCH3 is 2. The molecule has 0 fully saturated rings. The van der Waals surface area contributed by atoms with E-state index in [4.69, 9.17) is 26.8 Å². The maximum Gasteiger partial charge on any atom is 0.193 e. The zero-order chi connectivity index (χ0) is 15.9. The molecule has 0 spiro atoms. The lowest BCUT2D eigenvalue weighted by atomic mass is 10.2. The molecule has 0 atom stereocenters. The Morgan fingerprint density at radius 1 is 1.13 bits per heavy atom. The highest BCUT2D eigenvalue weighted by Crippen LogP contribution is 2.29. The predicted molar refractivity (Wildman–Crippen MR) is 105 cm³/mol. The summed E-state index contributed by atoms with van der Waals surface area (Å²) in [5, 5.41) is 3.69. The van der Waals surface area contributed by atoms with Crippen molar-refractivity contribution in [3.8, 4) is 11.5 Å². The van der Waals surface area contributed by atoms with Gasteiger partial charge in [-0.2, -0.15) is 0 Å². The Hall–Kier alpha value is -1.67. The molecule has 23 heavy (non-hydrogen) atoms. The van der Waals surface area contributed by atoms with Gasteiger partial charge < -0.3 is 20.5 Å². The van der Waals surface area contributed by atoms with Gasteiger partial charge in [0.05, 0.1) is 20.8 Å². The van der Waals surface area contributed by atoms with Crippen molar-refractivity contribution in [1.82, 2.24) is 0 Å². The standard InChI is InChI=1S/C16H18ClN3O2.HI/c1-21-14-7-6-13(9-15(14)22-2)20-16(18)19-10-11-4-3-5-12(17)8-11;/h3-9H,10H2,1-2H3,(H3,18,19,20);1H. The molecule has 3 N–H and O–H groups in total. The molecule has 0 saturated heterocycles. The van der Waals surface area contributed by atoms with E-state index in [0.717, 1.165) is 11.3 Å². The van der Waals surface area contributed by atoms with Gasteiger partial charge in [-0.15, -0.1) is 24.0 Å². The van der Waals surface area contributed by atoms with Crippen LogP contribution in [0.3, 0.4) is 0 Å². The quantitative estimate of drug-likeness (QED) is 0.414. The first kappa shape index (κ1) is 19.4. The highest BCUT2D eigenvalue weighted by molar-refractivity contribution is 14.0. The first-order valence-corrected chi connectivity index (χ1v) is 7.03. The molecular formula is C16H19ClIN3O2. The number of ether oxygens (including phenoxy) is 2. The number of rotatable bonds is 5. The lowest BCUT2D eigenvalue weighted by molar-refractivity contribution is 0.355. The van der Waals surface area contributed by atoms with Crippen molar-refractivity contribution in [3.05, 3.63) is 53.1 Å². The number of benzene rings is 2. The average molecular weight is 448 g/mol. The summed E-state index contributed by atoms with van der Waals surface area (Å²) in [5.74, 6) is 1.59. The smallest absolute Gasteiger partial charge is 0.193 e. The van der Waals surface area contributed by atoms with Gasteiger partial charge in [-0.1, -0.05) is 23.7 Å². The van der Waals surface area contributed by atoms with Crippen LogP contribution in [0.15, 0.2) is 47.5 Å². The number of nitrogens with zero attached hydrogens (tertiary/aromatic N) is 1. The lowest BCUT2D eigenvalue weighted by Crippen LogP contribution is -2.22.